The van der Waals surface area contributed by atoms with Gasteiger partial charge in [-0.3, -0.25) is 4.84 Å². The molecular weight excluding hydrogens is 487 g/mol. The number of hydrogen-bond donors (Lipinski definition) is 0. The van der Waals surface area contributed by atoms with Gasteiger partial charge in [-0.25, -0.2) is 0 Å². The summed E-state index contributed by atoms with van der Waals surface area (Å²) in [6, 6.07) is 25.5. The van der Waals surface area contributed by atoms with Crippen LogP contribution < -0.4 is 9.57 Å². The first-order valence-electron chi connectivity index (χ1n) is 11.6. The van der Waals surface area contributed by atoms with Gasteiger partial charge in [0.15, 0.2) is 6.61 Å². The van der Waals surface area contributed by atoms with Crippen molar-refractivity contribution in [2.45, 2.75) is 52.4 Å². The summed E-state index contributed by atoms with van der Waals surface area (Å²) in [5, 5.41) is 0. The average Bonchev–Trinajstić information content (AvgIpc) is 2.78. The van der Waals surface area contributed by atoms with Crippen LogP contribution in [0.3, 0.4) is 0 Å². The number of aryl methyl sites for hydroxylation is 1. The van der Waals surface area contributed by atoms with Crippen LogP contribution in [0.25, 0.3) is 22.4 Å². The molecule has 0 aliphatic heterocycles. The Morgan fingerprint density at radius 2 is 1.14 bits per heavy atom. The number of rotatable bonds is 10. The third-order valence-electron chi connectivity index (χ3n) is 5.09. The summed E-state index contributed by atoms with van der Waals surface area (Å²) in [7, 11) is -10.7. The van der Waals surface area contributed by atoms with E-state index in [-0.39, 0.29) is 0 Å². The van der Waals surface area contributed by atoms with Crippen molar-refractivity contribution in [2.24, 2.45) is 0 Å². The molecule has 0 saturated heterocycles. The zero-order valence-corrected chi connectivity index (χ0v) is 20.8. The molecule has 9 heteroatoms. The summed E-state index contributed by atoms with van der Waals surface area (Å²) >= 11 is 0. The summed E-state index contributed by atoms with van der Waals surface area (Å²) in [6.07, 6.45) is 7.61. The van der Waals surface area contributed by atoms with Crippen molar-refractivity contribution >= 4 is 7.81 Å². The number of aromatic nitrogens is 1. The molecule has 0 saturated carbocycles. The van der Waals surface area contributed by atoms with E-state index in [1.54, 1.807) is 0 Å². The maximum absolute atomic E-state index is 10.7. The Balaban J connectivity index is 0.000000540. The standard InChI is InChI=1S/C26H32NO.F6P/c1-3-4-5-6-7-14-19-28-27-22(2)20-25(23-15-10-8-11-16-23)21-26(27)24-17-12-9-13-18-24;1-7(2,3,4,5)6/h8-13,15-18,20-21H,3-7,14,19H2,1-2H3;/q+1;-1. The summed E-state index contributed by atoms with van der Waals surface area (Å²) in [6.45, 7) is 5.13. The molecule has 1 aromatic heterocycles. The van der Waals surface area contributed by atoms with Crippen LogP contribution in [0.1, 0.15) is 51.1 Å². The number of pyridine rings is 1. The first kappa shape index (κ1) is 28.6. The van der Waals surface area contributed by atoms with Crippen molar-refractivity contribution < 1.29 is 34.7 Å². The number of hydrogen-bond acceptors (Lipinski definition) is 1. The first-order valence-corrected chi connectivity index (χ1v) is 13.6. The Morgan fingerprint density at radius 1 is 0.657 bits per heavy atom. The molecule has 0 unspecified atom stereocenters. The molecule has 3 aromatic rings. The Kier molecular flexibility index (Phi) is 9.35. The molecule has 3 rings (SSSR count). The molecule has 0 amide bonds. The molecule has 2 nitrogen and oxygen atoms in total. The molecule has 0 radical (unpaired) electrons. The molecule has 0 aliphatic rings. The van der Waals surface area contributed by atoms with E-state index in [1.165, 1.54) is 48.8 Å². The normalized spacial score (nSPS) is 13.3. The van der Waals surface area contributed by atoms with Crippen molar-refractivity contribution in [1.82, 2.24) is 0 Å². The molecule has 0 fully saturated rings. The van der Waals surface area contributed by atoms with Crippen LogP contribution in [0.2, 0.25) is 0 Å². The van der Waals surface area contributed by atoms with E-state index >= 15 is 0 Å². The van der Waals surface area contributed by atoms with Crippen molar-refractivity contribution in [3.05, 3.63) is 78.5 Å². The van der Waals surface area contributed by atoms with Gasteiger partial charge in [0.05, 0.1) is 5.56 Å². The predicted octanol–water partition coefficient (Wildman–Crippen LogP) is 9.79. The summed E-state index contributed by atoms with van der Waals surface area (Å²) in [5.74, 6) is 0. The van der Waals surface area contributed by atoms with E-state index < -0.39 is 7.81 Å². The maximum atomic E-state index is 9.87. The molecule has 0 N–H and O–H groups in total. The Bertz CT molecular complexity index is 1050. The molecule has 0 spiro atoms. The fourth-order valence-corrected chi connectivity index (χ4v) is 3.54. The fraction of sp³-hybridized carbons (Fsp3) is 0.346. The zero-order chi connectivity index (χ0) is 26.0. The van der Waals surface area contributed by atoms with Gasteiger partial charge >= 0.3 is 33.0 Å². The molecule has 35 heavy (non-hydrogen) atoms. The van der Waals surface area contributed by atoms with E-state index in [4.69, 9.17) is 4.84 Å². The number of halogens is 6. The van der Waals surface area contributed by atoms with Crippen LogP contribution in [-0.4, -0.2) is 6.61 Å². The van der Waals surface area contributed by atoms with Gasteiger partial charge in [0.2, 0.25) is 5.69 Å². The van der Waals surface area contributed by atoms with Gasteiger partial charge in [0.1, 0.15) is 0 Å². The van der Waals surface area contributed by atoms with E-state index in [0.29, 0.717) is 0 Å². The van der Waals surface area contributed by atoms with Gasteiger partial charge in [-0.2, -0.15) is 0 Å². The third-order valence-corrected chi connectivity index (χ3v) is 5.09. The SMILES string of the molecule is CCCCCCCCO[n+]1c(C)cc(-c2ccccc2)cc1-c1ccccc1.F[P-](F)(F)(F)(F)F. The van der Waals surface area contributed by atoms with Crippen LogP contribution in [-0.2, 0) is 0 Å². The van der Waals surface area contributed by atoms with Crippen molar-refractivity contribution in [3.8, 4) is 22.4 Å². The minimum atomic E-state index is -10.7. The second-order valence-corrected chi connectivity index (χ2v) is 10.3. The van der Waals surface area contributed by atoms with Gasteiger partial charge in [-0.05, 0) is 36.1 Å². The van der Waals surface area contributed by atoms with Crippen molar-refractivity contribution in [1.29, 1.82) is 0 Å². The molecule has 0 aliphatic carbocycles. The van der Waals surface area contributed by atoms with Crippen LogP contribution in [0.4, 0.5) is 25.2 Å². The monoisotopic (exact) mass is 519 g/mol. The quantitative estimate of drug-likeness (QED) is 0.112. The third kappa shape index (κ3) is 12.6. The van der Waals surface area contributed by atoms with Gasteiger partial charge in [0, 0.05) is 23.8 Å². The van der Waals surface area contributed by atoms with E-state index in [9.17, 15) is 25.2 Å². The van der Waals surface area contributed by atoms with Gasteiger partial charge in [-0.15, -0.1) is 0 Å². The number of nitrogens with zero attached hydrogens (tertiary/aromatic N) is 1. The van der Waals surface area contributed by atoms with Gasteiger partial charge in [-0.1, -0.05) is 81.1 Å². The van der Waals surface area contributed by atoms with Crippen LogP contribution >= 0.6 is 7.81 Å². The first-order chi connectivity index (χ1) is 16.2. The molecule has 1 heterocycles. The predicted molar refractivity (Wildman–Crippen MR) is 131 cm³/mol. The molecule has 2 aromatic carbocycles. The molecule has 0 atom stereocenters. The van der Waals surface area contributed by atoms with Crippen LogP contribution in [0.15, 0.2) is 72.8 Å². The summed E-state index contributed by atoms with van der Waals surface area (Å²) in [4.78, 5) is 6.24. The van der Waals surface area contributed by atoms with Gasteiger partial charge < -0.3 is 0 Å². The second-order valence-electron chi connectivity index (χ2n) is 8.36. The van der Waals surface area contributed by atoms with Gasteiger partial charge in [0.25, 0.3) is 5.69 Å². The molecule has 0 bridgehead atoms. The average molecular weight is 520 g/mol. The van der Waals surface area contributed by atoms with Crippen molar-refractivity contribution in [3.63, 3.8) is 0 Å². The Labute approximate surface area is 202 Å². The summed E-state index contributed by atoms with van der Waals surface area (Å²) in [5.41, 5.74) is 5.84. The summed E-state index contributed by atoms with van der Waals surface area (Å²) < 4.78 is 61.2. The zero-order valence-electron chi connectivity index (χ0n) is 19.9. The van der Waals surface area contributed by atoms with E-state index in [0.717, 1.165) is 24.4 Å². The Hall–Kier alpha value is -2.60. The van der Waals surface area contributed by atoms with Crippen LogP contribution in [0.5, 0.6) is 0 Å². The molecule has 194 valence electrons. The van der Waals surface area contributed by atoms with E-state index in [1.807, 2.05) is 4.73 Å². The number of benzene rings is 2. The fourth-order valence-electron chi connectivity index (χ4n) is 3.54. The van der Waals surface area contributed by atoms with Crippen molar-refractivity contribution in [2.75, 3.05) is 6.61 Å². The van der Waals surface area contributed by atoms with Crippen LogP contribution in [0, 0.1) is 6.92 Å². The molecular formula is C26H32F6NOP. The second kappa shape index (κ2) is 11.4. The number of unbranched alkanes of at least 4 members (excludes halogenated alkanes) is 5. The Morgan fingerprint density at radius 3 is 1.69 bits per heavy atom. The minimum absolute atomic E-state index is 0.752. The topological polar surface area (TPSA) is 13.1 Å². The van der Waals surface area contributed by atoms with E-state index in [2.05, 4.69) is 86.6 Å².